The zero-order valence-electron chi connectivity index (χ0n) is 27.8. The molecular formula is C37H38Br2N4O6. The summed E-state index contributed by atoms with van der Waals surface area (Å²) in [5, 5.41) is 25.9. The van der Waals surface area contributed by atoms with Crippen LogP contribution in [0.3, 0.4) is 0 Å². The molecule has 4 aromatic rings. The minimum atomic E-state index is -1.08. The number of phenolic OH excluding ortho intramolecular Hbond substituents is 1. The first-order valence-electron chi connectivity index (χ1n) is 15.5. The molecule has 10 nitrogen and oxygen atoms in total. The molecule has 0 radical (unpaired) electrons. The number of ether oxygens (including phenoxy) is 2. The summed E-state index contributed by atoms with van der Waals surface area (Å²) in [6.45, 7) is 13.3. The fourth-order valence-electron chi connectivity index (χ4n) is 4.86. The Balaban J connectivity index is 1.60. The largest absolute Gasteiger partial charge is 0.507 e. The van der Waals surface area contributed by atoms with Gasteiger partial charge >= 0.3 is 6.09 Å². The topological polar surface area (TPSA) is 147 Å². The molecule has 1 aromatic heterocycles. The van der Waals surface area contributed by atoms with Crippen molar-refractivity contribution in [2.45, 2.75) is 65.3 Å². The molecule has 49 heavy (non-hydrogen) atoms. The molecule has 0 fully saturated rings. The number of aromatic hydroxyl groups is 1. The molecule has 0 aliphatic heterocycles. The summed E-state index contributed by atoms with van der Waals surface area (Å²) < 4.78 is 18.9. The van der Waals surface area contributed by atoms with E-state index in [4.69, 9.17) is 13.9 Å². The van der Waals surface area contributed by atoms with E-state index in [2.05, 4.69) is 54.1 Å². The van der Waals surface area contributed by atoms with E-state index in [0.29, 0.717) is 32.4 Å². The van der Waals surface area contributed by atoms with Crippen LogP contribution in [-0.4, -0.2) is 33.7 Å². The third-order valence-corrected chi connectivity index (χ3v) is 8.39. The molecule has 0 spiro atoms. The Labute approximate surface area is 302 Å². The fraction of sp³-hybridized carbons (Fsp3) is 0.297. The molecule has 256 valence electrons. The van der Waals surface area contributed by atoms with E-state index >= 15 is 0 Å². The highest BCUT2D eigenvalue weighted by Gasteiger charge is 2.32. The molecule has 3 N–H and O–H groups in total. The summed E-state index contributed by atoms with van der Waals surface area (Å²) in [6, 6.07) is 20.1. The Kier molecular flexibility index (Phi) is 12.3. The average molecular weight is 795 g/mol. The van der Waals surface area contributed by atoms with Gasteiger partial charge in [-0.15, -0.1) is 0 Å². The average Bonchev–Trinajstić information content (AvgIpc) is 3.46. The van der Waals surface area contributed by atoms with Crippen LogP contribution in [0.25, 0.3) is 5.57 Å². The lowest BCUT2D eigenvalue weighted by atomic mass is 10.0. The van der Waals surface area contributed by atoms with Crippen molar-refractivity contribution >= 4 is 49.4 Å². The van der Waals surface area contributed by atoms with E-state index in [1.165, 1.54) is 6.07 Å². The Bertz CT molecular complexity index is 1840. The van der Waals surface area contributed by atoms with Crippen molar-refractivity contribution in [3.05, 3.63) is 116 Å². The maximum absolute atomic E-state index is 14.0. The Morgan fingerprint density at radius 3 is 2.24 bits per heavy atom. The van der Waals surface area contributed by atoms with Crippen LogP contribution >= 0.6 is 31.9 Å². The van der Waals surface area contributed by atoms with Crippen molar-refractivity contribution in [1.29, 1.82) is 5.26 Å². The van der Waals surface area contributed by atoms with Gasteiger partial charge in [0.15, 0.2) is 11.5 Å². The van der Waals surface area contributed by atoms with Gasteiger partial charge in [0, 0.05) is 17.6 Å². The third-order valence-electron chi connectivity index (χ3n) is 7.21. The second-order valence-electron chi connectivity index (χ2n) is 12.6. The van der Waals surface area contributed by atoms with Crippen LogP contribution in [0.1, 0.15) is 74.7 Å². The van der Waals surface area contributed by atoms with Gasteiger partial charge in [0.25, 0.3) is 0 Å². The number of carbonyl (C=O) groups is 2. The SMILES string of the molecule is C=C(c1ccccc1O)c1oc([C@@H](NC(=O)[C@H](Cc2cc(Br)c(OCc3ccccc3)c(Br)c2)NC(=O)OC(C)(C)C)C(C)C)nc1C#N. The monoisotopic (exact) mass is 792 g/mol. The van der Waals surface area contributed by atoms with E-state index in [0.717, 1.165) is 5.56 Å². The highest BCUT2D eigenvalue weighted by atomic mass is 79.9. The van der Waals surface area contributed by atoms with Gasteiger partial charge < -0.3 is 29.6 Å². The lowest BCUT2D eigenvalue weighted by Crippen LogP contribution is -2.50. The molecule has 0 aliphatic carbocycles. The third kappa shape index (κ3) is 9.96. The molecule has 2 amide bonds. The summed E-state index contributed by atoms with van der Waals surface area (Å²) in [6.07, 6.45) is -0.671. The van der Waals surface area contributed by atoms with Gasteiger partial charge in [-0.3, -0.25) is 4.79 Å². The van der Waals surface area contributed by atoms with Crippen LogP contribution in [0.4, 0.5) is 4.79 Å². The molecule has 0 saturated heterocycles. The number of phenols is 1. The second-order valence-corrected chi connectivity index (χ2v) is 14.3. The number of oxazole rings is 1. The molecule has 0 bridgehead atoms. The van der Waals surface area contributed by atoms with Gasteiger partial charge in [-0.05, 0) is 87.9 Å². The van der Waals surface area contributed by atoms with Crippen molar-refractivity contribution in [3.8, 4) is 17.6 Å². The number of aromatic nitrogens is 1. The van der Waals surface area contributed by atoms with Crippen LogP contribution in [0.15, 0.2) is 86.7 Å². The number of nitrogens with zero attached hydrogens (tertiary/aromatic N) is 2. The van der Waals surface area contributed by atoms with Gasteiger partial charge in [-0.1, -0.05) is 69.0 Å². The number of hydrogen-bond acceptors (Lipinski definition) is 8. The number of carbonyl (C=O) groups excluding carboxylic acids is 2. The Morgan fingerprint density at radius 2 is 1.65 bits per heavy atom. The summed E-state index contributed by atoms with van der Waals surface area (Å²) in [4.78, 5) is 31.3. The normalized spacial score (nSPS) is 12.5. The van der Waals surface area contributed by atoms with Crippen molar-refractivity contribution < 1.29 is 28.6 Å². The molecule has 0 unspecified atom stereocenters. The smallest absolute Gasteiger partial charge is 0.408 e. The zero-order chi connectivity index (χ0) is 35.9. The number of para-hydroxylation sites is 1. The van der Waals surface area contributed by atoms with E-state index in [1.807, 2.05) is 62.4 Å². The molecular weight excluding hydrogens is 756 g/mol. The van der Waals surface area contributed by atoms with Crippen molar-refractivity contribution in [1.82, 2.24) is 15.6 Å². The molecule has 1 heterocycles. The van der Waals surface area contributed by atoms with Crippen LogP contribution < -0.4 is 15.4 Å². The Hall–Kier alpha value is -4.60. The first-order chi connectivity index (χ1) is 23.2. The number of nitrogens with one attached hydrogen (secondary N) is 2. The second kappa shape index (κ2) is 16.2. The fourth-order valence-corrected chi connectivity index (χ4v) is 6.37. The van der Waals surface area contributed by atoms with Gasteiger partial charge in [0.05, 0.1) is 8.95 Å². The lowest BCUT2D eigenvalue weighted by molar-refractivity contribution is -0.124. The first kappa shape index (κ1) is 37.2. The molecule has 4 rings (SSSR count). The minimum absolute atomic E-state index is 0.0341. The van der Waals surface area contributed by atoms with Gasteiger partial charge in [-0.25, -0.2) is 9.78 Å². The number of hydrogen-bond donors (Lipinski definition) is 3. The van der Waals surface area contributed by atoms with Crippen LogP contribution in [0, 0.1) is 17.2 Å². The summed E-state index contributed by atoms with van der Waals surface area (Å²) >= 11 is 7.18. The number of nitriles is 1. The number of benzene rings is 3. The summed E-state index contributed by atoms with van der Waals surface area (Å²) in [5.41, 5.74) is 1.52. The van der Waals surface area contributed by atoms with Crippen molar-refractivity contribution in [2.24, 2.45) is 5.92 Å². The standard InChI is InChI=1S/C37H38Br2N4O6/c1-21(2)31(35-41-29(19-40)32(48-35)22(3)25-14-10-11-15-30(25)44)43-34(45)28(42-36(46)49-37(4,5)6)18-24-16-26(38)33(27(39)17-24)47-20-23-12-8-7-9-13-23/h7-17,21,28,31,44H,3,18,20H2,1-2,4-6H3,(H,42,46)(H,43,45)/t28-,31-/m0/s1. The van der Waals surface area contributed by atoms with Crippen molar-refractivity contribution in [3.63, 3.8) is 0 Å². The van der Waals surface area contributed by atoms with Crippen LogP contribution in [0.5, 0.6) is 11.5 Å². The number of amides is 2. The van der Waals surface area contributed by atoms with E-state index in [-0.39, 0.29) is 41.0 Å². The van der Waals surface area contributed by atoms with E-state index < -0.39 is 29.7 Å². The lowest BCUT2D eigenvalue weighted by Gasteiger charge is -2.26. The van der Waals surface area contributed by atoms with Gasteiger partial charge in [-0.2, -0.15) is 5.26 Å². The van der Waals surface area contributed by atoms with Crippen molar-refractivity contribution in [2.75, 3.05) is 0 Å². The first-order valence-corrected chi connectivity index (χ1v) is 17.1. The predicted molar refractivity (Wildman–Crippen MR) is 193 cm³/mol. The van der Waals surface area contributed by atoms with Gasteiger partial charge in [0.1, 0.15) is 41.9 Å². The molecule has 2 atom stereocenters. The van der Waals surface area contributed by atoms with Crippen LogP contribution in [-0.2, 0) is 22.6 Å². The maximum Gasteiger partial charge on any atom is 0.408 e. The predicted octanol–water partition coefficient (Wildman–Crippen LogP) is 8.37. The van der Waals surface area contributed by atoms with Gasteiger partial charge in [0.2, 0.25) is 11.8 Å². The molecule has 12 heteroatoms. The van der Waals surface area contributed by atoms with E-state index in [1.54, 1.807) is 39.0 Å². The summed E-state index contributed by atoms with van der Waals surface area (Å²) in [7, 11) is 0. The minimum Gasteiger partial charge on any atom is -0.507 e. The Morgan fingerprint density at radius 1 is 1.02 bits per heavy atom. The molecule has 0 saturated carbocycles. The highest BCUT2D eigenvalue weighted by molar-refractivity contribution is 9.11. The highest BCUT2D eigenvalue weighted by Crippen LogP contribution is 2.36. The van der Waals surface area contributed by atoms with E-state index in [9.17, 15) is 20.0 Å². The number of halogens is 2. The maximum atomic E-state index is 14.0. The number of alkyl carbamates (subject to hydrolysis) is 1. The molecule has 0 aliphatic rings. The summed E-state index contributed by atoms with van der Waals surface area (Å²) in [5.74, 6) is -0.0643. The zero-order valence-corrected chi connectivity index (χ0v) is 31.0. The number of rotatable bonds is 12. The quantitative estimate of drug-likeness (QED) is 0.130. The van der Waals surface area contributed by atoms with Crippen LogP contribution in [0.2, 0.25) is 0 Å². The molecule has 3 aromatic carbocycles.